The highest BCUT2D eigenvalue weighted by atomic mass is 16.5. The highest BCUT2D eigenvalue weighted by Gasteiger charge is 1.96. The Morgan fingerprint density at radius 2 is 1.48 bits per heavy atom. The molecule has 0 saturated heterocycles. The van der Waals surface area contributed by atoms with E-state index in [-0.39, 0.29) is 12.4 Å². The van der Waals surface area contributed by atoms with Crippen molar-refractivity contribution in [1.82, 2.24) is 5.32 Å². The third-order valence-corrected chi connectivity index (χ3v) is 2.30. The molecule has 0 aromatic rings. The zero-order chi connectivity index (χ0) is 15.8. The highest BCUT2D eigenvalue weighted by Crippen LogP contribution is 1.88. The van der Waals surface area contributed by atoms with E-state index in [9.17, 15) is 4.79 Å². The van der Waals surface area contributed by atoms with E-state index in [1.807, 2.05) is 0 Å². The van der Waals surface area contributed by atoms with Gasteiger partial charge in [0.1, 0.15) is 6.61 Å². The van der Waals surface area contributed by atoms with Crippen molar-refractivity contribution in [3.8, 4) is 0 Å². The Kier molecular flexibility index (Phi) is 14.7. The number of hydrogen-bond donors (Lipinski definition) is 1. The van der Waals surface area contributed by atoms with Crippen LogP contribution in [-0.2, 0) is 23.7 Å². The van der Waals surface area contributed by atoms with E-state index < -0.39 is 0 Å². The molecule has 0 radical (unpaired) electrons. The number of carbonyl (C=O) groups excluding carboxylic acids is 1. The van der Waals surface area contributed by atoms with Crippen LogP contribution in [0.25, 0.3) is 0 Å². The van der Waals surface area contributed by atoms with Crippen molar-refractivity contribution in [2.75, 3.05) is 59.4 Å². The van der Waals surface area contributed by atoms with Gasteiger partial charge in [0, 0.05) is 18.8 Å². The first-order valence-electron chi connectivity index (χ1n) is 7.38. The molecule has 6 nitrogen and oxygen atoms in total. The summed E-state index contributed by atoms with van der Waals surface area (Å²) in [6.07, 6.45) is 1.02. The predicted molar refractivity (Wildman–Crippen MR) is 81.4 cm³/mol. The van der Waals surface area contributed by atoms with Crippen LogP contribution in [0.2, 0.25) is 0 Å². The average molecular weight is 303 g/mol. The van der Waals surface area contributed by atoms with Crippen LogP contribution >= 0.6 is 0 Å². The van der Waals surface area contributed by atoms with Crippen molar-refractivity contribution in [2.24, 2.45) is 0 Å². The molecule has 21 heavy (non-hydrogen) atoms. The summed E-state index contributed by atoms with van der Waals surface area (Å²) in [5.74, 6) is 0.0214. The van der Waals surface area contributed by atoms with Gasteiger partial charge in [-0.05, 0) is 13.3 Å². The molecule has 0 rings (SSSR count). The molecule has 0 unspecified atom stereocenters. The van der Waals surface area contributed by atoms with Crippen molar-refractivity contribution in [2.45, 2.75) is 20.3 Å². The van der Waals surface area contributed by atoms with Gasteiger partial charge < -0.3 is 24.3 Å². The van der Waals surface area contributed by atoms with Gasteiger partial charge in [0.25, 0.3) is 0 Å². The summed E-state index contributed by atoms with van der Waals surface area (Å²) in [6.45, 7) is 12.1. The third kappa shape index (κ3) is 17.0. The third-order valence-electron chi connectivity index (χ3n) is 2.30. The fraction of sp³-hybridized carbons (Fsp3) is 0.800. The molecule has 0 bridgehead atoms. The van der Waals surface area contributed by atoms with Crippen LogP contribution in [0.15, 0.2) is 12.3 Å². The Labute approximate surface area is 127 Å². The van der Waals surface area contributed by atoms with Gasteiger partial charge in [0.15, 0.2) is 5.78 Å². The maximum Gasteiger partial charge on any atom is 0.155 e. The first-order chi connectivity index (χ1) is 10.2. The number of Topliss-reactive ketones (excluding diaryl/α,β-unsaturated/α-hetero) is 1. The van der Waals surface area contributed by atoms with Gasteiger partial charge in [0.05, 0.1) is 39.6 Å². The quantitative estimate of drug-likeness (QED) is 0.432. The van der Waals surface area contributed by atoms with Gasteiger partial charge in [-0.3, -0.25) is 4.79 Å². The Morgan fingerprint density at radius 1 is 0.905 bits per heavy atom. The van der Waals surface area contributed by atoms with Gasteiger partial charge in [0.2, 0.25) is 0 Å². The zero-order valence-electron chi connectivity index (χ0n) is 13.3. The Morgan fingerprint density at radius 3 is 2.10 bits per heavy atom. The van der Waals surface area contributed by atoms with Gasteiger partial charge >= 0.3 is 0 Å². The van der Waals surface area contributed by atoms with Gasteiger partial charge in [-0.2, -0.15) is 0 Å². The largest absolute Gasteiger partial charge is 0.385 e. The van der Waals surface area contributed by atoms with Crippen LogP contribution in [0.5, 0.6) is 0 Å². The van der Waals surface area contributed by atoms with Crippen LogP contribution in [-0.4, -0.2) is 65.2 Å². The van der Waals surface area contributed by atoms with Crippen molar-refractivity contribution in [1.29, 1.82) is 0 Å². The van der Waals surface area contributed by atoms with E-state index in [0.29, 0.717) is 46.2 Å². The second-order valence-corrected chi connectivity index (χ2v) is 4.56. The van der Waals surface area contributed by atoms with E-state index in [1.54, 1.807) is 0 Å². The number of hydrogen-bond acceptors (Lipinski definition) is 6. The average Bonchev–Trinajstić information content (AvgIpc) is 2.45. The zero-order valence-corrected chi connectivity index (χ0v) is 13.3. The summed E-state index contributed by atoms with van der Waals surface area (Å²) in [5.41, 5.74) is 0.821. The summed E-state index contributed by atoms with van der Waals surface area (Å²) < 4.78 is 21.1. The van der Waals surface area contributed by atoms with Gasteiger partial charge in [-0.25, -0.2) is 0 Å². The molecule has 0 atom stereocenters. The Hall–Kier alpha value is -0.950. The minimum absolute atomic E-state index is 0.0214. The SMILES string of the molecule is C=C(COCCOCCC)NCCOCCOCC(C)=O. The van der Waals surface area contributed by atoms with Gasteiger partial charge in [-0.15, -0.1) is 0 Å². The molecule has 0 spiro atoms. The first-order valence-corrected chi connectivity index (χ1v) is 7.38. The lowest BCUT2D eigenvalue weighted by Crippen LogP contribution is -2.23. The number of ether oxygens (including phenoxy) is 4. The van der Waals surface area contributed by atoms with Crippen molar-refractivity contribution in [3.05, 3.63) is 12.3 Å². The highest BCUT2D eigenvalue weighted by molar-refractivity contribution is 5.76. The summed E-state index contributed by atoms with van der Waals surface area (Å²) >= 11 is 0. The number of ketones is 1. The number of carbonyl (C=O) groups is 1. The van der Waals surface area contributed by atoms with Gasteiger partial charge in [-0.1, -0.05) is 13.5 Å². The Bertz CT molecular complexity index is 271. The molecule has 0 aliphatic heterocycles. The molecule has 6 heteroatoms. The second kappa shape index (κ2) is 15.4. The normalized spacial score (nSPS) is 10.6. The molecular weight excluding hydrogens is 274 g/mol. The molecule has 0 heterocycles. The van der Waals surface area contributed by atoms with Crippen LogP contribution < -0.4 is 5.32 Å². The van der Waals surface area contributed by atoms with E-state index >= 15 is 0 Å². The lowest BCUT2D eigenvalue weighted by molar-refractivity contribution is -0.121. The molecule has 1 N–H and O–H groups in total. The minimum Gasteiger partial charge on any atom is -0.385 e. The van der Waals surface area contributed by atoms with Crippen molar-refractivity contribution >= 4 is 5.78 Å². The number of rotatable bonds is 16. The molecule has 0 aliphatic rings. The topological polar surface area (TPSA) is 66.0 Å². The monoisotopic (exact) mass is 303 g/mol. The number of nitrogens with one attached hydrogen (secondary N) is 1. The maximum atomic E-state index is 10.6. The molecule has 0 saturated carbocycles. The smallest absolute Gasteiger partial charge is 0.155 e. The first kappa shape index (κ1) is 20.1. The summed E-state index contributed by atoms with van der Waals surface area (Å²) in [4.78, 5) is 10.6. The van der Waals surface area contributed by atoms with E-state index in [2.05, 4.69) is 18.8 Å². The van der Waals surface area contributed by atoms with Crippen LogP contribution in [0, 0.1) is 0 Å². The molecule has 0 aromatic heterocycles. The summed E-state index contributed by atoms with van der Waals surface area (Å²) in [7, 11) is 0. The van der Waals surface area contributed by atoms with Crippen molar-refractivity contribution < 1.29 is 23.7 Å². The van der Waals surface area contributed by atoms with E-state index in [1.165, 1.54) is 6.92 Å². The molecule has 0 fully saturated rings. The molecular formula is C15H29NO5. The lowest BCUT2D eigenvalue weighted by atomic mass is 10.5. The minimum atomic E-state index is 0.0214. The molecule has 0 aromatic carbocycles. The summed E-state index contributed by atoms with van der Waals surface area (Å²) in [5, 5.41) is 3.11. The van der Waals surface area contributed by atoms with Crippen molar-refractivity contribution in [3.63, 3.8) is 0 Å². The van der Waals surface area contributed by atoms with Crippen LogP contribution in [0.1, 0.15) is 20.3 Å². The predicted octanol–water partition coefficient (Wildman–Crippen LogP) is 1.16. The Balaban J connectivity index is 3.17. The fourth-order valence-electron chi connectivity index (χ4n) is 1.35. The van der Waals surface area contributed by atoms with E-state index in [4.69, 9.17) is 18.9 Å². The standard InChI is InChI=1S/C15H29NO5/c1-4-6-18-8-10-20-12-14(2)16-5-7-19-9-11-21-13-15(3)17/h16H,2,4-13H2,1,3H3. The molecule has 0 amide bonds. The van der Waals surface area contributed by atoms with Crippen LogP contribution in [0.3, 0.4) is 0 Å². The fourth-order valence-corrected chi connectivity index (χ4v) is 1.35. The van der Waals surface area contributed by atoms with Crippen LogP contribution in [0.4, 0.5) is 0 Å². The molecule has 124 valence electrons. The second-order valence-electron chi connectivity index (χ2n) is 4.56. The summed E-state index contributed by atoms with van der Waals surface area (Å²) in [6, 6.07) is 0. The van der Waals surface area contributed by atoms with E-state index in [0.717, 1.165) is 18.7 Å². The maximum absolute atomic E-state index is 10.6. The molecule has 0 aliphatic carbocycles. The lowest BCUT2D eigenvalue weighted by Gasteiger charge is -2.11.